The van der Waals surface area contributed by atoms with Crippen molar-refractivity contribution in [2.24, 2.45) is 0 Å². The van der Waals surface area contributed by atoms with E-state index in [0.717, 1.165) is 22.2 Å². The summed E-state index contributed by atoms with van der Waals surface area (Å²) in [5, 5.41) is 11.3. The molecular weight excluding hydrogens is 374 g/mol. The molecule has 0 unspecified atom stereocenters. The van der Waals surface area contributed by atoms with Gasteiger partial charge in [0.1, 0.15) is 4.32 Å². The molecule has 1 atom stereocenters. The molecule has 26 heavy (non-hydrogen) atoms. The first-order valence-electron chi connectivity index (χ1n) is 8.30. The van der Waals surface area contributed by atoms with Crippen LogP contribution in [0.4, 0.5) is 0 Å². The fraction of sp³-hybridized carbons (Fsp3) is 0.389. The topological polar surface area (TPSA) is 78.9 Å². The van der Waals surface area contributed by atoms with Crippen LogP contribution in [-0.4, -0.2) is 40.4 Å². The number of hydrogen-bond acceptors (Lipinski definition) is 7. The van der Waals surface area contributed by atoms with Crippen LogP contribution in [0.15, 0.2) is 23.1 Å². The molecule has 1 saturated heterocycles. The molecule has 0 aliphatic carbocycles. The average Bonchev–Trinajstić information content (AvgIpc) is 2.86. The molecule has 0 aromatic heterocycles. The summed E-state index contributed by atoms with van der Waals surface area (Å²) < 4.78 is 11.3. The lowest BCUT2D eigenvalue weighted by atomic mass is 10.1. The van der Waals surface area contributed by atoms with Gasteiger partial charge in [-0.05, 0) is 44.0 Å². The van der Waals surface area contributed by atoms with Gasteiger partial charge in [-0.25, -0.2) is 0 Å². The molecule has 1 aliphatic heterocycles. The molecular formula is C18H20NO5S2-. The number of amides is 1. The van der Waals surface area contributed by atoms with Gasteiger partial charge in [-0.15, -0.1) is 0 Å². The van der Waals surface area contributed by atoms with Crippen molar-refractivity contribution in [2.45, 2.75) is 33.2 Å². The van der Waals surface area contributed by atoms with Gasteiger partial charge < -0.3 is 19.4 Å². The van der Waals surface area contributed by atoms with Crippen molar-refractivity contribution < 1.29 is 24.2 Å². The lowest BCUT2D eigenvalue weighted by Gasteiger charge is -2.26. The second-order valence-electron chi connectivity index (χ2n) is 5.37. The van der Waals surface area contributed by atoms with E-state index in [0.29, 0.717) is 29.6 Å². The molecule has 0 spiro atoms. The average molecular weight is 394 g/mol. The molecule has 0 N–H and O–H groups in total. The smallest absolute Gasteiger partial charge is 0.266 e. The number of carbonyl (C=O) groups excluding carboxylic acids is 2. The van der Waals surface area contributed by atoms with Crippen molar-refractivity contribution in [3.63, 3.8) is 0 Å². The molecule has 0 bridgehead atoms. The maximum absolute atomic E-state index is 12.6. The zero-order valence-corrected chi connectivity index (χ0v) is 16.4. The number of aliphatic carboxylic acids is 1. The van der Waals surface area contributed by atoms with E-state index in [1.807, 2.05) is 13.8 Å². The predicted octanol–water partition coefficient (Wildman–Crippen LogP) is 2.21. The third-order valence-corrected chi connectivity index (χ3v) is 4.99. The number of carboxylic acids is 1. The van der Waals surface area contributed by atoms with E-state index in [1.165, 1.54) is 0 Å². The Morgan fingerprint density at radius 2 is 1.92 bits per heavy atom. The van der Waals surface area contributed by atoms with Crippen molar-refractivity contribution in [3.8, 4) is 11.5 Å². The second-order valence-corrected chi connectivity index (χ2v) is 7.04. The molecule has 140 valence electrons. The second kappa shape index (κ2) is 9.05. The van der Waals surface area contributed by atoms with Crippen molar-refractivity contribution in [3.05, 3.63) is 28.7 Å². The van der Waals surface area contributed by atoms with Crippen LogP contribution >= 0.6 is 24.0 Å². The molecule has 1 aliphatic rings. The lowest BCUT2D eigenvalue weighted by Crippen LogP contribution is -2.49. The minimum Gasteiger partial charge on any atom is -0.548 e. The Morgan fingerprint density at radius 3 is 2.50 bits per heavy atom. The molecule has 6 nitrogen and oxygen atoms in total. The minimum absolute atomic E-state index is 0.216. The summed E-state index contributed by atoms with van der Waals surface area (Å²) in [5.74, 6) is -0.533. The number of thioether (sulfide) groups is 1. The van der Waals surface area contributed by atoms with E-state index in [1.54, 1.807) is 31.2 Å². The van der Waals surface area contributed by atoms with Gasteiger partial charge >= 0.3 is 0 Å². The van der Waals surface area contributed by atoms with Gasteiger partial charge in [0, 0.05) is 0 Å². The third kappa shape index (κ3) is 4.37. The first-order chi connectivity index (χ1) is 12.4. The quantitative estimate of drug-likeness (QED) is 0.494. The Balaban J connectivity index is 2.32. The summed E-state index contributed by atoms with van der Waals surface area (Å²) in [6.07, 6.45) is 1.89. The van der Waals surface area contributed by atoms with Gasteiger partial charge in [-0.3, -0.25) is 9.69 Å². The lowest BCUT2D eigenvalue weighted by molar-refractivity contribution is -0.310. The van der Waals surface area contributed by atoms with Crippen LogP contribution in [0.5, 0.6) is 11.5 Å². The number of nitrogens with zero attached hydrogens (tertiary/aromatic N) is 1. The van der Waals surface area contributed by atoms with E-state index in [2.05, 4.69) is 0 Å². The summed E-state index contributed by atoms with van der Waals surface area (Å²) >= 11 is 6.26. The molecule has 1 amide bonds. The number of rotatable bonds is 8. The largest absolute Gasteiger partial charge is 0.548 e. The van der Waals surface area contributed by atoms with Crippen molar-refractivity contribution in [2.75, 3.05) is 13.2 Å². The Kier molecular flexibility index (Phi) is 7.05. The van der Waals surface area contributed by atoms with Gasteiger partial charge in [0.05, 0.1) is 30.1 Å². The Bertz CT molecular complexity index is 747. The van der Waals surface area contributed by atoms with E-state index in [9.17, 15) is 14.7 Å². The Morgan fingerprint density at radius 1 is 1.27 bits per heavy atom. The first-order valence-corrected chi connectivity index (χ1v) is 9.52. The summed E-state index contributed by atoms with van der Waals surface area (Å²) in [5.41, 5.74) is 0.735. The molecule has 1 heterocycles. The highest BCUT2D eigenvalue weighted by atomic mass is 32.2. The summed E-state index contributed by atoms with van der Waals surface area (Å²) in [6.45, 7) is 6.42. The summed E-state index contributed by atoms with van der Waals surface area (Å²) in [4.78, 5) is 25.3. The molecule has 1 aromatic rings. The van der Waals surface area contributed by atoms with Crippen molar-refractivity contribution in [1.82, 2.24) is 4.90 Å². The normalized spacial score (nSPS) is 16.9. The van der Waals surface area contributed by atoms with Crippen LogP contribution < -0.4 is 14.6 Å². The zero-order valence-electron chi connectivity index (χ0n) is 14.8. The molecule has 0 radical (unpaired) electrons. The Labute approximate surface area is 162 Å². The summed E-state index contributed by atoms with van der Waals surface area (Å²) in [6, 6.07) is 4.29. The summed E-state index contributed by atoms with van der Waals surface area (Å²) in [7, 11) is 0. The maximum Gasteiger partial charge on any atom is 0.266 e. The van der Waals surface area contributed by atoms with Crippen molar-refractivity contribution >= 4 is 46.3 Å². The van der Waals surface area contributed by atoms with E-state index in [-0.39, 0.29) is 10.7 Å². The molecule has 0 saturated carbocycles. The van der Waals surface area contributed by atoms with E-state index >= 15 is 0 Å². The number of ether oxygens (including phenoxy) is 2. The number of hydrogen-bond donors (Lipinski definition) is 0. The van der Waals surface area contributed by atoms with Crippen LogP contribution in [0, 0.1) is 0 Å². The van der Waals surface area contributed by atoms with Crippen molar-refractivity contribution in [1.29, 1.82) is 0 Å². The Hall–Kier alpha value is -2.06. The molecule has 2 rings (SSSR count). The van der Waals surface area contributed by atoms with Crippen LogP contribution in [0.25, 0.3) is 6.08 Å². The fourth-order valence-electron chi connectivity index (χ4n) is 2.51. The van der Waals surface area contributed by atoms with Gasteiger partial charge in [0.15, 0.2) is 11.5 Å². The first kappa shape index (κ1) is 20.3. The predicted molar refractivity (Wildman–Crippen MR) is 103 cm³/mol. The highest BCUT2D eigenvalue weighted by Crippen LogP contribution is 2.36. The highest BCUT2D eigenvalue weighted by molar-refractivity contribution is 8.26. The maximum atomic E-state index is 12.6. The van der Waals surface area contributed by atoms with Gasteiger partial charge in [-0.2, -0.15) is 0 Å². The van der Waals surface area contributed by atoms with Crippen LogP contribution in [0.1, 0.15) is 32.8 Å². The van der Waals surface area contributed by atoms with Gasteiger partial charge in [0.2, 0.25) is 0 Å². The molecule has 1 fully saturated rings. The van der Waals surface area contributed by atoms with Gasteiger partial charge in [0.25, 0.3) is 5.91 Å². The standard InChI is InChI=1S/C18H21NO5S2/c1-4-12(17(21)22)19-16(20)15(26-18(19)25)10-11-7-8-13(23-5-2)14(9-11)24-6-3/h7-10,12H,4-6H2,1-3H3,(H,21,22)/p-1/b15-10-/t12-/m0/s1. The molecule has 8 heteroatoms. The zero-order chi connectivity index (χ0) is 19.3. The number of thiocarbonyl (C=S) groups is 1. The molecule has 1 aromatic carbocycles. The number of benzene rings is 1. The SMILES string of the molecule is CCOc1ccc(/C=C2\SC(=S)N([C@@H](CC)C(=O)[O-])C2=O)cc1OCC. The van der Waals surface area contributed by atoms with Crippen LogP contribution in [-0.2, 0) is 9.59 Å². The third-order valence-electron chi connectivity index (χ3n) is 3.66. The van der Waals surface area contributed by atoms with Crippen LogP contribution in [0.2, 0.25) is 0 Å². The number of carboxylic acid groups (broad SMARTS) is 1. The fourth-order valence-corrected chi connectivity index (χ4v) is 3.87. The van der Waals surface area contributed by atoms with Crippen LogP contribution in [0.3, 0.4) is 0 Å². The number of carbonyl (C=O) groups is 2. The minimum atomic E-state index is -1.32. The van der Waals surface area contributed by atoms with E-state index in [4.69, 9.17) is 21.7 Å². The monoisotopic (exact) mass is 394 g/mol. The highest BCUT2D eigenvalue weighted by Gasteiger charge is 2.37. The van der Waals surface area contributed by atoms with E-state index < -0.39 is 17.9 Å². The van der Waals surface area contributed by atoms with Gasteiger partial charge in [-0.1, -0.05) is 37.0 Å².